The van der Waals surface area contributed by atoms with Crippen LogP contribution in [0, 0.1) is 0 Å². The van der Waals surface area contributed by atoms with E-state index >= 15 is 0 Å². The van der Waals surface area contributed by atoms with Crippen LogP contribution >= 0.6 is 0 Å². The third-order valence-corrected chi connectivity index (χ3v) is 3.38. The third-order valence-electron chi connectivity index (χ3n) is 3.38. The van der Waals surface area contributed by atoms with Gasteiger partial charge in [-0.3, -0.25) is 9.59 Å². The topological polar surface area (TPSA) is 88.4 Å². The molecule has 1 aromatic heterocycles. The van der Waals surface area contributed by atoms with Gasteiger partial charge in [-0.05, 0) is 18.9 Å². The molecular weight excluding hydrogens is 234 g/mol. The lowest BCUT2D eigenvalue weighted by Gasteiger charge is -2.37. The maximum Gasteiger partial charge on any atom is 0.265 e. The molecule has 1 saturated carbocycles. The standard InChI is InChI=1S/C12H15N3O3/c13-11(16)10-3-7(4-14-10)12(17)15(8-1-2-8)9-5-18-6-9/h3-4,8-9,14H,1-2,5-6H2,(H2,13,16). The van der Waals surface area contributed by atoms with Gasteiger partial charge < -0.3 is 20.4 Å². The second-order valence-electron chi connectivity index (χ2n) is 4.80. The fraction of sp³-hybridized carbons (Fsp3) is 0.500. The van der Waals surface area contributed by atoms with Gasteiger partial charge in [0.15, 0.2) is 0 Å². The van der Waals surface area contributed by atoms with E-state index in [0.717, 1.165) is 12.8 Å². The number of nitrogens with one attached hydrogen (secondary N) is 1. The van der Waals surface area contributed by atoms with Crippen LogP contribution in [0.2, 0.25) is 0 Å². The summed E-state index contributed by atoms with van der Waals surface area (Å²) in [7, 11) is 0. The molecule has 2 fully saturated rings. The van der Waals surface area contributed by atoms with Crippen LogP contribution in [0.25, 0.3) is 0 Å². The minimum atomic E-state index is -0.556. The fourth-order valence-corrected chi connectivity index (χ4v) is 2.18. The van der Waals surface area contributed by atoms with Crippen molar-refractivity contribution in [2.45, 2.75) is 24.9 Å². The van der Waals surface area contributed by atoms with E-state index < -0.39 is 5.91 Å². The maximum absolute atomic E-state index is 12.4. The summed E-state index contributed by atoms with van der Waals surface area (Å²) in [5, 5.41) is 0. The molecule has 0 aromatic carbocycles. The highest BCUT2D eigenvalue weighted by atomic mass is 16.5. The number of carbonyl (C=O) groups is 2. The highest BCUT2D eigenvalue weighted by Gasteiger charge is 2.40. The summed E-state index contributed by atoms with van der Waals surface area (Å²) in [4.78, 5) is 28.0. The number of primary amides is 1. The molecule has 0 bridgehead atoms. The van der Waals surface area contributed by atoms with Gasteiger partial charge in [-0.2, -0.15) is 0 Å². The van der Waals surface area contributed by atoms with E-state index in [1.165, 1.54) is 12.3 Å². The van der Waals surface area contributed by atoms with Gasteiger partial charge in [0, 0.05) is 12.2 Å². The number of nitrogens with two attached hydrogens (primary N) is 1. The first-order valence-electron chi connectivity index (χ1n) is 6.05. The average molecular weight is 249 g/mol. The van der Waals surface area contributed by atoms with E-state index in [9.17, 15) is 9.59 Å². The van der Waals surface area contributed by atoms with Gasteiger partial charge in [0.25, 0.3) is 11.8 Å². The summed E-state index contributed by atoms with van der Waals surface area (Å²) in [6.07, 6.45) is 3.64. The van der Waals surface area contributed by atoms with Crippen LogP contribution in [0.5, 0.6) is 0 Å². The Balaban J connectivity index is 1.80. The number of nitrogens with zero attached hydrogens (tertiary/aromatic N) is 1. The molecule has 0 radical (unpaired) electrons. The summed E-state index contributed by atoms with van der Waals surface area (Å²) < 4.78 is 5.15. The molecule has 1 aliphatic heterocycles. The Bertz CT molecular complexity index is 489. The second-order valence-corrected chi connectivity index (χ2v) is 4.80. The molecule has 3 rings (SSSR count). The van der Waals surface area contributed by atoms with Gasteiger partial charge >= 0.3 is 0 Å². The van der Waals surface area contributed by atoms with E-state index in [2.05, 4.69) is 4.98 Å². The zero-order chi connectivity index (χ0) is 12.7. The van der Waals surface area contributed by atoms with E-state index in [1.54, 1.807) is 0 Å². The highest BCUT2D eigenvalue weighted by molar-refractivity contribution is 5.99. The van der Waals surface area contributed by atoms with Crippen LogP contribution < -0.4 is 5.73 Å². The maximum atomic E-state index is 12.4. The number of rotatable bonds is 4. The van der Waals surface area contributed by atoms with Crippen molar-refractivity contribution in [3.8, 4) is 0 Å². The molecule has 96 valence electrons. The van der Waals surface area contributed by atoms with E-state index in [4.69, 9.17) is 10.5 Å². The van der Waals surface area contributed by atoms with Crippen LogP contribution in [0.4, 0.5) is 0 Å². The summed E-state index contributed by atoms with van der Waals surface area (Å²) in [5.74, 6) is -0.603. The van der Waals surface area contributed by atoms with Gasteiger partial charge in [-0.1, -0.05) is 0 Å². The quantitative estimate of drug-likeness (QED) is 0.794. The number of carbonyl (C=O) groups excluding carboxylic acids is 2. The Morgan fingerprint density at radius 1 is 1.33 bits per heavy atom. The van der Waals surface area contributed by atoms with Gasteiger partial charge in [0.1, 0.15) is 5.69 Å². The molecule has 0 spiro atoms. The van der Waals surface area contributed by atoms with Gasteiger partial charge in [0.2, 0.25) is 0 Å². The minimum absolute atomic E-state index is 0.0467. The molecule has 6 heteroatoms. The zero-order valence-corrected chi connectivity index (χ0v) is 9.89. The number of H-pyrrole nitrogens is 1. The van der Waals surface area contributed by atoms with Crippen molar-refractivity contribution in [2.24, 2.45) is 5.73 Å². The average Bonchev–Trinajstić information content (AvgIpc) is 2.97. The molecular formula is C12H15N3O3. The zero-order valence-electron chi connectivity index (χ0n) is 9.89. The molecule has 1 aromatic rings. The Hall–Kier alpha value is -1.82. The Morgan fingerprint density at radius 3 is 2.50 bits per heavy atom. The second kappa shape index (κ2) is 4.13. The minimum Gasteiger partial charge on any atom is -0.377 e. The Labute approximate surface area is 104 Å². The van der Waals surface area contributed by atoms with Crippen LogP contribution in [0.15, 0.2) is 12.3 Å². The molecule has 2 amide bonds. The molecule has 0 atom stereocenters. The molecule has 1 saturated heterocycles. The number of ether oxygens (including phenoxy) is 1. The first-order valence-corrected chi connectivity index (χ1v) is 6.05. The fourth-order valence-electron chi connectivity index (χ4n) is 2.18. The lowest BCUT2D eigenvalue weighted by molar-refractivity contribution is -0.0566. The molecule has 3 N–H and O–H groups in total. The van der Waals surface area contributed by atoms with Crippen LogP contribution in [0.1, 0.15) is 33.7 Å². The van der Waals surface area contributed by atoms with E-state index in [1.807, 2.05) is 4.90 Å². The summed E-state index contributed by atoms with van der Waals surface area (Å²) >= 11 is 0. The summed E-state index contributed by atoms with van der Waals surface area (Å²) in [5.41, 5.74) is 5.91. The third kappa shape index (κ3) is 1.88. The summed E-state index contributed by atoms with van der Waals surface area (Å²) in [6, 6.07) is 2.02. The SMILES string of the molecule is NC(=O)c1cc(C(=O)N(C2CC2)C2COC2)c[nH]1. The van der Waals surface area contributed by atoms with Crippen molar-refractivity contribution >= 4 is 11.8 Å². The molecule has 0 unspecified atom stereocenters. The van der Waals surface area contributed by atoms with Crippen molar-refractivity contribution in [3.05, 3.63) is 23.5 Å². The van der Waals surface area contributed by atoms with Crippen molar-refractivity contribution < 1.29 is 14.3 Å². The smallest absolute Gasteiger partial charge is 0.265 e. The molecule has 6 nitrogen and oxygen atoms in total. The number of amides is 2. The van der Waals surface area contributed by atoms with Gasteiger partial charge in [-0.15, -0.1) is 0 Å². The van der Waals surface area contributed by atoms with Gasteiger partial charge in [0.05, 0.1) is 24.8 Å². The number of aromatic nitrogens is 1. The monoisotopic (exact) mass is 249 g/mol. The lowest BCUT2D eigenvalue weighted by atomic mass is 10.1. The van der Waals surface area contributed by atoms with Crippen LogP contribution in [-0.4, -0.2) is 47.0 Å². The number of hydrogen-bond donors (Lipinski definition) is 2. The lowest BCUT2D eigenvalue weighted by Crippen LogP contribution is -2.52. The van der Waals surface area contributed by atoms with Crippen LogP contribution in [0.3, 0.4) is 0 Å². The summed E-state index contributed by atoms with van der Waals surface area (Å²) in [6.45, 7) is 1.21. The number of aromatic amines is 1. The molecule has 2 aliphatic rings. The van der Waals surface area contributed by atoms with Crippen molar-refractivity contribution in [1.29, 1.82) is 0 Å². The normalized spacial score (nSPS) is 19.3. The predicted octanol–water partition coefficient (Wildman–Crippen LogP) is 0.117. The molecule has 1 aliphatic carbocycles. The predicted molar refractivity (Wildman–Crippen MR) is 63.1 cm³/mol. The van der Waals surface area contributed by atoms with E-state index in [0.29, 0.717) is 24.8 Å². The van der Waals surface area contributed by atoms with Crippen LogP contribution in [-0.2, 0) is 4.74 Å². The first-order chi connectivity index (χ1) is 8.66. The number of hydrogen-bond acceptors (Lipinski definition) is 3. The Kier molecular flexibility index (Phi) is 2.59. The largest absolute Gasteiger partial charge is 0.377 e. The highest BCUT2D eigenvalue weighted by Crippen LogP contribution is 2.32. The van der Waals surface area contributed by atoms with E-state index in [-0.39, 0.29) is 17.6 Å². The first kappa shape index (κ1) is 11.3. The van der Waals surface area contributed by atoms with Crippen molar-refractivity contribution in [1.82, 2.24) is 9.88 Å². The van der Waals surface area contributed by atoms with Crippen molar-refractivity contribution in [2.75, 3.05) is 13.2 Å². The Morgan fingerprint density at radius 2 is 2.06 bits per heavy atom. The van der Waals surface area contributed by atoms with Crippen molar-refractivity contribution in [3.63, 3.8) is 0 Å². The van der Waals surface area contributed by atoms with Gasteiger partial charge in [-0.25, -0.2) is 0 Å². The molecule has 18 heavy (non-hydrogen) atoms. The molecule has 2 heterocycles.